The van der Waals surface area contributed by atoms with Gasteiger partial charge in [-0.25, -0.2) is 0 Å². The van der Waals surface area contributed by atoms with Crippen LogP contribution in [0.15, 0.2) is 60.7 Å². The number of carbonyl (C=O) groups is 2. The maximum absolute atomic E-state index is 14.8. The maximum atomic E-state index is 14.8. The molecule has 0 aliphatic carbocycles. The number of amides is 2. The predicted octanol–water partition coefficient (Wildman–Crippen LogP) is 11.8. The maximum Gasteiger partial charge on any atom is 0.259 e. The minimum absolute atomic E-state index is 0.0297. The first-order valence-electron chi connectivity index (χ1n) is 18.1. The summed E-state index contributed by atoms with van der Waals surface area (Å²) in [6.07, 6.45) is 8.85. The molecule has 2 aromatic carbocycles. The lowest BCUT2D eigenvalue weighted by Crippen LogP contribution is -2.34. The highest BCUT2D eigenvalue weighted by molar-refractivity contribution is 7.23. The third-order valence-corrected chi connectivity index (χ3v) is 12.6. The molecule has 0 saturated carbocycles. The minimum atomic E-state index is -0.0345. The fourth-order valence-electron chi connectivity index (χ4n) is 7.30. The van der Waals surface area contributed by atoms with Gasteiger partial charge in [-0.05, 0) is 86.1 Å². The number of hydrogen-bond acceptors (Lipinski definition) is 4. The lowest BCUT2D eigenvalue weighted by atomic mass is 9.95. The number of fused-ring (bicyclic) bond motifs is 2. The second-order valence-electron chi connectivity index (χ2n) is 13.7. The lowest BCUT2D eigenvalue weighted by Gasteiger charge is -2.24. The molecule has 0 bridgehead atoms. The molecule has 2 amide bonds. The summed E-state index contributed by atoms with van der Waals surface area (Å²) in [6, 6.07) is 21.5. The number of benzene rings is 2. The van der Waals surface area contributed by atoms with Gasteiger partial charge in [-0.15, -0.1) is 22.7 Å². The topological polar surface area (TPSA) is 40.6 Å². The van der Waals surface area contributed by atoms with Crippen molar-refractivity contribution in [3.05, 3.63) is 82.2 Å². The summed E-state index contributed by atoms with van der Waals surface area (Å²) in [6.45, 7) is 14.5. The van der Waals surface area contributed by atoms with Crippen LogP contribution in [0.1, 0.15) is 101 Å². The Bertz CT molecular complexity index is 1830. The molecule has 0 spiro atoms. The third-order valence-electron chi connectivity index (χ3n) is 10.3. The normalized spacial score (nSPS) is 17.0. The third kappa shape index (κ3) is 6.71. The highest BCUT2D eigenvalue weighted by Crippen LogP contribution is 2.49. The van der Waals surface area contributed by atoms with Crippen LogP contribution in [0.25, 0.3) is 31.3 Å². The smallest absolute Gasteiger partial charge is 0.259 e. The van der Waals surface area contributed by atoms with Crippen LogP contribution in [-0.2, 0) is 9.59 Å². The molecule has 6 heteroatoms. The van der Waals surface area contributed by atoms with Crippen LogP contribution in [0.5, 0.6) is 0 Å². The summed E-state index contributed by atoms with van der Waals surface area (Å²) in [4.78, 5) is 38.4. The van der Waals surface area contributed by atoms with Gasteiger partial charge in [0.15, 0.2) is 0 Å². The van der Waals surface area contributed by atoms with Crippen LogP contribution in [0.2, 0.25) is 0 Å². The number of unbranched alkanes of at least 4 members (excludes halogenated alkanes) is 2. The van der Waals surface area contributed by atoms with E-state index in [9.17, 15) is 9.59 Å². The van der Waals surface area contributed by atoms with Crippen LogP contribution in [-0.4, -0.2) is 24.9 Å². The summed E-state index contributed by atoms with van der Waals surface area (Å²) < 4.78 is 0. The Morgan fingerprint density at radius 3 is 1.67 bits per heavy atom. The van der Waals surface area contributed by atoms with E-state index < -0.39 is 0 Å². The van der Waals surface area contributed by atoms with E-state index in [2.05, 4.69) is 102 Å². The quantitative estimate of drug-likeness (QED) is 0.125. The van der Waals surface area contributed by atoms with Gasteiger partial charge in [0.1, 0.15) is 0 Å². The Morgan fingerprint density at radius 2 is 1.12 bits per heavy atom. The van der Waals surface area contributed by atoms with Crippen molar-refractivity contribution in [3.63, 3.8) is 0 Å². The second kappa shape index (κ2) is 15.0. The minimum Gasteiger partial charge on any atom is -0.307 e. The molecule has 2 aliphatic heterocycles. The summed E-state index contributed by atoms with van der Waals surface area (Å²) >= 11 is 3.62. The van der Waals surface area contributed by atoms with Crippen LogP contribution >= 0.6 is 22.7 Å². The zero-order chi connectivity index (χ0) is 33.9. The summed E-state index contributed by atoms with van der Waals surface area (Å²) in [7, 11) is 0. The van der Waals surface area contributed by atoms with Crippen molar-refractivity contribution >= 4 is 57.0 Å². The van der Waals surface area contributed by atoms with E-state index in [1.165, 1.54) is 19.5 Å². The van der Waals surface area contributed by atoms with Crippen molar-refractivity contribution in [2.45, 2.75) is 92.9 Å². The lowest BCUT2D eigenvalue weighted by molar-refractivity contribution is -0.114. The molecular formula is C42H50N2O2S2. The number of hydrogen-bond donors (Lipinski definition) is 0. The first-order chi connectivity index (χ1) is 23.3. The number of aryl methyl sites for hydroxylation is 2. The molecule has 4 nitrogen and oxygen atoms in total. The number of anilines is 2. The first kappa shape index (κ1) is 34.4. The number of thiophene rings is 2. The molecule has 2 unspecified atom stereocenters. The Kier molecular flexibility index (Phi) is 10.7. The molecule has 6 rings (SSSR count). The highest BCUT2D eigenvalue weighted by atomic mass is 32.1. The molecule has 252 valence electrons. The first-order valence-corrected chi connectivity index (χ1v) is 19.7. The van der Waals surface area contributed by atoms with E-state index in [1.54, 1.807) is 11.3 Å². The van der Waals surface area contributed by atoms with Crippen LogP contribution in [0.3, 0.4) is 0 Å². The molecule has 0 fully saturated rings. The van der Waals surface area contributed by atoms with E-state index in [1.807, 2.05) is 21.1 Å². The summed E-state index contributed by atoms with van der Waals surface area (Å²) in [5.74, 6) is 0.764. The van der Waals surface area contributed by atoms with Crippen molar-refractivity contribution in [3.8, 4) is 20.2 Å². The molecule has 2 aliphatic rings. The average Bonchev–Trinajstić information content (AvgIpc) is 3.86. The second-order valence-corrected chi connectivity index (χ2v) is 16.1. The highest BCUT2D eigenvalue weighted by Gasteiger charge is 2.43. The van der Waals surface area contributed by atoms with Gasteiger partial charge in [0.05, 0.1) is 22.5 Å². The standard InChI is InChI=1S/C42H50N2O2S2/c1-7-11-13-29(9-3)25-43-34-23-27(5)15-18-32(34)39(41(43)45)40-33-19-17-31(36-21-22-38(48-36)37-20-16-28(6)47-37)24-35(33)44(42(40)46)26-30(10-4)14-12-8-2/h15-24,29-30H,7-14,25-26H2,1-6H3. The van der Waals surface area contributed by atoms with Crippen LogP contribution < -0.4 is 9.80 Å². The van der Waals surface area contributed by atoms with Gasteiger partial charge in [0.25, 0.3) is 11.8 Å². The molecule has 0 saturated heterocycles. The molecule has 48 heavy (non-hydrogen) atoms. The Morgan fingerprint density at radius 1 is 0.604 bits per heavy atom. The van der Waals surface area contributed by atoms with Gasteiger partial charge < -0.3 is 9.80 Å². The van der Waals surface area contributed by atoms with Crippen molar-refractivity contribution in [2.24, 2.45) is 11.8 Å². The zero-order valence-electron chi connectivity index (χ0n) is 29.5. The van der Waals surface area contributed by atoms with Crippen molar-refractivity contribution < 1.29 is 9.59 Å². The molecule has 4 aromatic rings. The van der Waals surface area contributed by atoms with Crippen molar-refractivity contribution in [2.75, 3.05) is 22.9 Å². The van der Waals surface area contributed by atoms with E-state index in [-0.39, 0.29) is 11.8 Å². The largest absolute Gasteiger partial charge is 0.307 e. The number of carbonyl (C=O) groups excluding carboxylic acids is 2. The summed E-state index contributed by atoms with van der Waals surface area (Å²) in [5, 5.41) is 0. The fourth-order valence-corrected chi connectivity index (χ4v) is 9.26. The van der Waals surface area contributed by atoms with E-state index in [0.29, 0.717) is 36.1 Å². The Labute approximate surface area is 295 Å². The molecule has 2 aromatic heterocycles. The van der Waals surface area contributed by atoms with Crippen molar-refractivity contribution in [1.29, 1.82) is 0 Å². The Balaban J connectivity index is 1.46. The zero-order valence-corrected chi connectivity index (χ0v) is 31.2. The van der Waals surface area contributed by atoms with Gasteiger partial charge in [-0.3, -0.25) is 9.59 Å². The van der Waals surface area contributed by atoms with Gasteiger partial charge in [-0.1, -0.05) is 90.5 Å². The molecule has 0 radical (unpaired) electrons. The van der Waals surface area contributed by atoms with Crippen LogP contribution in [0, 0.1) is 25.7 Å². The fraction of sp³-hybridized carbons (Fsp3) is 0.429. The molecule has 0 N–H and O–H groups in total. The Hall–Kier alpha value is -3.48. The summed E-state index contributed by atoms with van der Waals surface area (Å²) in [5.41, 5.74) is 7.04. The van der Waals surface area contributed by atoms with Gasteiger partial charge in [-0.2, -0.15) is 0 Å². The van der Waals surface area contributed by atoms with Gasteiger partial charge in [0, 0.05) is 43.7 Å². The average molecular weight is 679 g/mol. The monoisotopic (exact) mass is 678 g/mol. The SMILES string of the molecule is CCCCC(CC)CN1C(=O)C(=C2C(=O)N(CC(CC)CCCC)c3cc(-c4ccc(-c5ccc(C)s5)s4)ccc32)c2ccc(C)cc21. The number of rotatable bonds is 14. The molecule has 2 atom stereocenters. The predicted molar refractivity (Wildman–Crippen MR) is 207 cm³/mol. The van der Waals surface area contributed by atoms with Gasteiger partial charge >= 0.3 is 0 Å². The molecular weight excluding hydrogens is 629 g/mol. The van der Waals surface area contributed by atoms with Crippen molar-refractivity contribution in [1.82, 2.24) is 0 Å². The van der Waals surface area contributed by atoms with E-state index in [0.717, 1.165) is 85.0 Å². The number of nitrogens with zero attached hydrogens (tertiary/aromatic N) is 2. The molecule has 4 heterocycles. The van der Waals surface area contributed by atoms with E-state index >= 15 is 0 Å². The van der Waals surface area contributed by atoms with Crippen LogP contribution in [0.4, 0.5) is 11.4 Å². The van der Waals surface area contributed by atoms with E-state index in [4.69, 9.17) is 0 Å². The van der Waals surface area contributed by atoms with Gasteiger partial charge in [0.2, 0.25) is 0 Å².